The Labute approximate surface area is 179 Å². The quantitative estimate of drug-likeness (QED) is 0.393. The first kappa shape index (κ1) is 20.1. The number of hydrogen-bond acceptors (Lipinski definition) is 7. The van der Waals surface area contributed by atoms with Crippen molar-refractivity contribution in [1.82, 2.24) is 30.8 Å². The van der Waals surface area contributed by atoms with E-state index >= 15 is 0 Å². The number of nitrogens with one attached hydrogen (secondary N) is 5. The maximum Gasteiger partial charge on any atom is 0.273 e. The van der Waals surface area contributed by atoms with Gasteiger partial charge < -0.3 is 21.3 Å². The molecule has 1 atom stereocenters. The van der Waals surface area contributed by atoms with Crippen molar-refractivity contribution in [2.75, 3.05) is 23.7 Å². The third-order valence-corrected chi connectivity index (χ3v) is 4.98. The Kier molecular flexibility index (Phi) is 6.10. The van der Waals surface area contributed by atoms with Crippen molar-refractivity contribution in [2.24, 2.45) is 0 Å². The Morgan fingerprint density at radius 3 is 2.77 bits per heavy atom. The van der Waals surface area contributed by atoms with Gasteiger partial charge in [-0.15, -0.1) is 0 Å². The minimum Gasteiger partial charge on any atom is -0.349 e. The number of aromatic nitrogens is 4. The first-order valence-electron chi connectivity index (χ1n) is 9.77. The van der Waals surface area contributed by atoms with Crippen molar-refractivity contribution in [3.05, 3.63) is 52.9 Å². The molecule has 30 heavy (non-hydrogen) atoms. The number of hydrogen-bond donors (Lipinski definition) is 5. The van der Waals surface area contributed by atoms with E-state index in [1.54, 1.807) is 12.1 Å². The van der Waals surface area contributed by atoms with Crippen LogP contribution in [0.2, 0.25) is 5.02 Å². The van der Waals surface area contributed by atoms with E-state index in [0.29, 0.717) is 35.1 Å². The molecule has 1 aliphatic rings. The molecule has 0 saturated carbocycles. The van der Waals surface area contributed by atoms with E-state index in [1.807, 2.05) is 25.1 Å². The number of carbonyl (C=O) groups is 1. The molecular weight excluding hydrogens is 404 g/mol. The van der Waals surface area contributed by atoms with Gasteiger partial charge in [-0.3, -0.25) is 9.89 Å². The summed E-state index contributed by atoms with van der Waals surface area (Å²) in [5, 5.41) is 20.2. The summed E-state index contributed by atoms with van der Waals surface area (Å²) in [5.74, 6) is 1.14. The highest BCUT2D eigenvalue weighted by Gasteiger charge is 2.19. The zero-order valence-corrected chi connectivity index (χ0v) is 17.3. The van der Waals surface area contributed by atoms with Gasteiger partial charge in [0, 0.05) is 35.1 Å². The summed E-state index contributed by atoms with van der Waals surface area (Å²) < 4.78 is 0. The summed E-state index contributed by atoms with van der Waals surface area (Å²) in [5.41, 5.74) is 1.88. The molecular formula is C20H23ClN8O. The molecule has 1 saturated heterocycles. The Balaban J connectivity index is 1.56. The molecule has 0 bridgehead atoms. The smallest absolute Gasteiger partial charge is 0.273 e. The number of nitrogens with zero attached hydrogens (tertiary/aromatic N) is 3. The summed E-state index contributed by atoms with van der Waals surface area (Å²) in [6.07, 6.45) is 3.68. The second kappa shape index (κ2) is 9.10. The zero-order valence-electron chi connectivity index (χ0n) is 16.5. The van der Waals surface area contributed by atoms with Gasteiger partial charge in [-0.2, -0.15) is 5.10 Å². The minimum absolute atomic E-state index is 0.215. The maximum atomic E-state index is 12.8. The van der Waals surface area contributed by atoms with Crippen molar-refractivity contribution in [3.8, 4) is 0 Å². The van der Waals surface area contributed by atoms with Crippen LogP contribution in [0, 0.1) is 6.92 Å². The number of H-pyrrole nitrogens is 1. The van der Waals surface area contributed by atoms with Gasteiger partial charge in [-0.25, -0.2) is 9.97 Å². The molecule has 156 valence electrons. The maximum absolute atomic E-state index is 12.8. The van der Waals surface area contributed by atoms with Crippen molar-refractivity contribution in [3.63, 3.8) is 0 Å². The van der Waals surface area contributed by atoms with Crippen LogP contribution in [-0.4, -0.2) is 45.2 Å². The van der Waals surface area contributed by atoms with E-state index in [1.165, 1.54) is 6.20 Å². The summed E-state index contributed by atoms with van der Waals surface area (Å²) >= 11 is 5.97. The highest BCUT2D eigenvalue weighted by atomic mass is 35.5. The monoisotopic (exact) mass is 426 g/mol. The fourth-order valence-corrected chi connectivity index (χ4v) is 3.34. The number of aromatic amines is 1. The van der Waals surface area contributed by atoms with E-state index in [2.05, 4.69) is 41.4 Å². The van der Waals surface area contributed by atoms with Crippen molar-refractivity contribution in [2.45, 2.75) is 25.8 Å². The molecule has 0 radical (unpaired) electrons. The molecule has 5 N–H and O–H groups in total. The van der Waals surface area contributed by atoms with Gasteiger partial charge >= 0.3 is 0 Å². The predicted octanol–water partition coefficient (Wildman–Crippen LogP) is 3.13. The fourth-order valence-electron chi connectivity index (χ4n) is 3.22. The lowest BCUT2D eigenvalue weighted by Crippen LogP contribution is -2.37. The summed E-state index contributed by atoms with van der Waals surface area (Å²) in [7, 11) is 0. The number of benzene rings is 1. The SMILES string of the molecule is Cc1cc(Nc2cnc(C(=O)NC[C@H]3CCCN3)c(Nc3ccc(Cl)cc3)n2)n[nH]1. The van der Waals surface area contributed by atoms with Crippen LogP contribution in [0.5, 0.6) is 0 Å². The van der Waals surface area contributed by atoms with Crippen LogP contribution in [0.25, 0.3) is 0 Å². The highest BCUT2D eigenvalue weighted by molar-refractivity contribution is 6.30. The molecule has 0 aliphatic carbocycles. The molecule has 1 aromatic carbocycles. The third kappa shape index (κ3) is 5.05. The number of halogens is 1. The standard InChI is InChI=1S/C20H23ClN8O/c1-12-9-16(29-28-12)26-17-11-23-18(20(30)24-10-15-3-2-8-22-15)19(27-17)25-14-6-4-13(21)5-7-14/h4-7,9,11,15,22H,2-3,8,10H2,1H3,(H,24,30)(H3,25,26,27,28,29)/t15-/m1/s1. The van der Waals surface area contributed by atoms with Gasteiger partial charge in [-0.1, -0.05) is 11.6 Å². The van der Waals surface area contributed by atoms with E-state index in [0.717, 1.165) is 30.8 Å². The van der Waals surface area contributed by atoms with Gasteiger partial charge in [-0.05, 0) is 50.6 Å². The normalized spacial score (nSPS) is 15.7. The number of aryl methyl sites for hydroxylation is 1. The van der Waals surface area contributed by atoms with Crippen LogP contribution in [0.4, 0.5) is 23.1 Å². The Hall–Kier alpha value is -3.17. The summed E-state index contributed by atoms with van der Waals surface area (Å²) in [6.45, 7) is 3.44. The average Bonchev–Trinajstić information content (AvgIpc) is 3.40. The second-order valence-electron chi connectivity index (χ2n) is 7.15. The molecule has 9 nitrogen and oxygen atoms in total. The zero-order chi connectivity index (χ0) is 20.9. The van der Waals surface area contributed by atoms with E-state index in [-0.39, 0.29) is 11.6 Å². The molecule has 3 aromatic rings. The van der Waals surface area contributed by atoms with Crippen LogP contribution in [0.3, 0.4) is 0 Å². The summed E-state index contributed by atoms with van der Waals surface area (Å²) in [4.78, 5) is 21.7. The van der Waals surface area contributed by atoms with Gasteiger partial charge in [0.05, 0.1) is 6.20 Å². The Morgan fingerprint density at radius 2 is 2.07 bits per heavy atom. The highest BCUT2D eigenvalue weighted by Crippen LogP contribution is 2.22. The van der Waals surface area contributed by atoms with Crippen LogP contribution < -0.4 is 21.3 Å². The van der Waals surface area contributed by atoms with Crippen molar-refractivity contribution < 1.29 is 4.79 Å². The third-order valence-electron chi connectivity index (χ3n) is 4.73. The van der Waals surface area contributed by atoms with Crippen molar-refractivity contribution in [1.29, 1.82) is 0 Å². The molecule has 10 heteroatoms. The second-order valence-corrected chi connectivity index (χ2v) is 7.59. The van der Waals surface area contributed by atoms with Gasteiger partial charge in [0.25, 0.3) is 5.91 Å². The lowest BCUT2D eigenvalue weighted by molar-refractivity contribution is 0.0946. The van der Waals surface area contributed by atoms with E-state index in [9.17, 15) is 4.79 Å². The number of carbonyl (C=O) groups excluding carboxylic acids is 1. The molecule has 0 spiro atoms. The minimum atomic E-state index is -0.283. The number of rotatable bonds is 7. The Morgan fingerprint density at radius 1 is 1.23 bits per heavy atom. The molecule has 3 heterocycles. The van der Waals surface area contributed by atoms with E-state index < -0.39 is 0 Å². The first-order valence-corrected chi connectivity index (χ1v) is 10.1. The van der Waals surface area contributed by atoms with Gasteiger partial charge in [0.15, 0.2) is 23.1 Å². The van der Waals surface area contributed by atoms with E-state index in [4.69, 9.17) is 11.6 Å². The van der Waals surface area contributed by atoms with Gasteiger partial charge in [0.2, 0.25) is 0 Å². The molecule has 2 aromatic heterocycles. The number of anilines is 4. The van der Waals surface area contributed by atoms with Crippen LogP contribution >= 0.6 is 11.6 Å². The Bertz CT molecular complexity index is 1010. The van der Waals surface area contributed by atoms with Gasteiger partial charge in [0.1, 0.15) is 0 Å². The number of amides is 1. The van der Waals surface area contributed by atoms with Crippen LogP contribution in [-0.2, 0) is 0 Å². The van der Waals surface area contributed by atoms with Crippen LogP contribution in [0.1, 0.15) is 29.0 Å². The predicted molar refractivity (Wildman–Crippen MR) is 117 cm³/mol. The fraction of sp³-hybridized carbons (Fsp3) is 0.300. The largest absolute Gasteiger partial charge is 0.349 e. The molecule has 1 fully saturated rings. The molecule has 4 rings (SSSR count). The molecule has 0 unspecified atom stereocenters. The average molecular weight is 427 g/mol. The molecule has 1 aliphatic heterocycles. The molecule has 1 amide bonds. The lowest BCUT2D eigenvalue weighted by Gasteiger charge is -2.14. The first-order chi connectivity index (χ1) is 14.6. The van der Waals surface area contributed by atoms with Crippen LogP contribution in [0.15, 0.2) is 36.5 Å². The summed E-state index contributed by atoms with van der Waals surface area (Å²) in [6, 6.07) is 9.28. The lowest BCUT2D eigenvalue weighted by atomic mass is 10.2. The topological polar surface area (TPSA) is 120 Å². The van der Waals surface area contributed by atoms with Crippen molar-refractivity contribution >= 4 is 40.6 Å².